The van der Waals surface area contributed by atoms with E-state index in [0.29, 0.717) is 21.3 Å². The molecular weight excluding hydrogens is 369 g/mol. The number of aromatic nitrogens is 2. The summed E-state index contributed by atoms with van der Waals surface area (Å²) < 4.78 is 1.81. The minimum Gasteiger partial charge on any atom is -0.319 e. The molecule has 0 fully saturated rings. The Morgan fingerprint density at radius 1 is 1.08 bits per heavy atom. The van der Waals surface area contributed by atoms with Gasteiger partial charge in [0.05, 0.1) is 32.8 Å². The maximum absolute atomic E-state index is 12.3. The molecule has 3 aromatic rings. The first kappa shape index (κ1) is 18.2. The molecule has 0 saturated heterocycles. The van der Waals surface area contributed by atoms with Crippen LogP contribution in [0.3, 0.4) is 0 Å². The molecule has 1 heterocycles. The number of anilines is 1. The zero-order valence-electron chi connectivity index (χ0n) is 14.3. The Morgan fingerprint density at radius 2 is 1.81 bits per heavy atom. The highest BCUT2D eigenvalue weighted by molar-refractivity contribution is 6.42. The van der Waals surface area contributed by atoms with E-state index in [1.54, 1.807) is 24.3 Å². The highest BCUT2D eigenvalue weighted by atomic mass is 35.5. The molecular formula is C20H17Cl2N3O. The van der Waals surface area contributed by atoms with Gasteiger partial charge in [-0.05, 0) is 43.7 Å². The van der Waals surface area contributed by atoms with Crippen molar-refractivity contribution >= 4 is 40.9 Å². The summed E-state index contributed by atoms with van der Waals surface area (Å²) in [6.07, 6.45) is 3.06. The van der Waals surface area contributed by atoms with Crippen LogP contribution in [0, 0.1) is 13.8 Å². The van der Waals surface area contributed by atoms with Gasteiger partial charge in [0.1, 0.15) is 0 Å². The molecule has 0 radical (unpaired) electrons. The van der Waals surface area contributed by atoms with E-state index in [2.05, 4.69) is 10.4 Å². The molecule has 0 atom stereocenters. The SMILES string of the molecule is Cc1nn(-c2ccccc2)c(C)c1NC(=O)/C=C/c1cccc(Cl)c1Cl. The smallest absolute Gasteiger partial charge is 0.248 e. The molecule has 3 rings (SSSR count). The molecule has 26 heavy (non-hydrogen) atoms. The van der Waals surface area contributed by atoms with E-state index in [1.165, 1.54) is 6.08 Å². The van der Waals surface area contributed by atoms with Crippen LogP contribution in [-0.2, 0) is 4.79 Å². The summed E-state index contributed by atoms with van der Waals surface area (Å²) in [6, 6.07) is 15.0. The number of rotatable bonds is 4. The van der Waals surface area contributed by atoms with Crippen LogP contribution in [-0.4, -0.2) is 15.7 Å². The summed E-state index contributed by atoms with van der Waals surface area (Å²) >= 11 is 12.1. The van der Waals surface area contributed by atoms with Crippen molar-refractivity contribution in [2.45, 2.75) is 13.8 Å². The van der Waals surface area contributed by atoms with E-state index in [1.807, 2.05) is 48.9 Å². The van der Waals surface area contributed by atoms with Gasteiger partial charge in [0.15, 0.2) is 0 Å². The number of halogens is 2. The predicted molar refractivity (Wildman–Crippen MR) is 107 cm³/mol. The van der Waals surface area contributed by atoms with E-state index in [9.17, 15) is 4.79 Å². The zero-order chi connectivity index (χ0) is 18.7. The van der Waals surface area contributed by atoms with E-state index >= 15 is 0 Å². The predicted octanol–water partition coefficient (Wildman–Crippen LogP) is 5.45. The van der Waals surface area contributed by atoms with Crippen LogP contribution in [0.15, 0.2) is 54.6 Å². The molecule has 1 amide bonds. The number of para-hydroxylation sites is 1. The first-order valence-electron chi connectivity index (χ1n) is 8.02. The maximum Gasteiger partial charge on any atom is 0.248 e. The Hall–Kier alpha value is -2.56. The van der Waals surface area contributed by atoms with Crippen molar-refractivity contribution in [3.63, 3.8) is 0 Å². The Morgan fingerprint density at radius 3 is 2.54 bits per heavy atom. The molecule has 0 spiro atoms. The minimum atomic E-state index is -0.264. The molecule has 0 saturated carbocycles. The molecule has 0 bridgehead atoms. The Balaban J connectivity index is 1.81. The zero-order valence-corrected chi connectivity index (χ0v) is 15.8. The molecule has 6 heteroatoms. The van der Waals surface area contributed by atoms with Crippen molar-refractivity contribution in [3.05, 3.63) is 81.6 Å². The second-order valence-corrected chi connectivity index (χ2v) is 6.54. The number of amides is 1. The topological polar surface area (TPSA) is 46.9 Å². The highest BCUT2D eigenvalue weighted by Gasteiger charge is 2.14. The molecule has 0 aliphatic rings. The van der Waals surface area contributed by atoms with Gasteiger partial charge in [-0.3, -0.25) is 4.79 Å². The largest absolute Gasteiger partial charge is 0.319 e. The van der Waals surface area contributed by atoms with Crippen molar-refractivity contribution in [1.82, 2.24) is 9.78 Å². The third-order valence-electron chi connectivity index (χ3n) is 3.94. The third-order valence-corrected chi connectivity index (χ3v) is 4.77. The lowest BCUT2D eigenvalue weighted by molar-refractivity contribution is -0.111. The molecule has 2 aromatic carbocycles. The van der Waals surface area contributed by atoms with E-state index < -0.39 is 0 Å². The number of nitrogens with zero attached hydrogens (tertiary/aromatic N) is 2. The summed E-state index contributed by atoms with van der Waals surface area (Å²) in [5, 5.41) is 8.27. The van der Waals surface area contributed by atoms with Crippen LogP contribution in [0.4, 0.5) is 5.69 Å². The van der Waals surface area contributed by atoms with Crippen molar-refractivity contribution in [1.29, 1.82) is 0 Å². The summed E-state index contributed by atoms with van der Waals surface area (Å²) in [6.45, 7) is 3.78. The lowest BCUT2D eigenvalue weighted by Gasteiger charge is -2.05. The number of carbonyl (C=O) groups is 1. The molecule has 1 aromatic heterocycles. The van der Waals surface area contributed by atoms with Gasteiger partial charge in [-0.2, -0.15) is 5.10 Å². The number of nitrogens with one attached hydrogen (secondary N) is 1. The van der Waals surface area contributed by atoms with E-state index in [4.69, 9.17) is 23.2 Å². The van der Waals surface area contributed by atoms with Crippen LogP contribution in [0.2, 0.25) is 10.0 Å². The summed E-state index contributed by atoms with van der Waals surface area (Å²) in [4.78, 5) is 12.3. The second-order valence-electron chi connectivity index (χ2n) is 5.76. The molecule has 132 valence electrons. The van der Waals surface area contributed by atoms with Crippen LogP contribution >= 0.6 is 23.2 Å². The Kier molecular flexibility index (Phi) is 5.45. The van der Waals surface area contributed by atoms with E-state index in [0.717, 1.165) is 17.1 Å². The van der Waals surface area contributed by atoms with Gasteiger partial charge in [0, 0.05) is 6.08 Å². The highest BCUT2D eigenvalue weighted by Crippen LogP contribution is 2.27. The monoisotopic (exact) mass is 385 g/mol. The van der Waals surface area contributed by atoms with Crippen LogP contribution in [0.5, 0.6) is 0 Å². The first-order chi connectivity index (χ1) is 12.5. The fourth-order valence-corrected chi connectivity index (χ4v) is 2.99. The van der Waals surface area contributed by atoms with Gasteiger partial charge >= 0.3 is 0 Å². The minimum absolute atomic E-state index is 0.264. The molecule has 0 aliphatic heterocycles. The average Bonchev–Trinajstić information content (AvgIpc) is 2.92. The van der Waals surface area contributed by atoms with Gasteiger partial charge in [0.25, 0.3) is 0 Å². The lowest BCUT2D eigenvalue weighted by atomic mass is 10.2. The van der Waals surface area contributed by atoms with Gasteiger partial charge in [0.2, 0.25) is 5.91 Å². The Bertz CT molecular complexity index is 978. The van der Waals surface area contributed by atoms with Gasteiger partial charge in [-0.1, -0.05) is 53.5 Å². The first-order valence-corrected chi connectivity index (χ1v) is 8.77. The molecule has 4 nitrogen and oxygen atoms in total. The number of aryl methyl sites for hydroxylation is 1. The Labute approximate surface area is 162 Å². The number of carbonyl (C=O) groups excluding carboxylic acids is 1. The molecule has 0 unspecified atom stereocenters. The van der Waals surface area contributed by atoms with Crippen LogP contribution in [0.25, 0.3) is 11.8 Å². The quantitative estimate of drug-likeness (QED) is 0.607. The number of hydrogen-bond acceptors (Lipinski definition) is 2. The summed E-state index contributed by atoms with van der Waals surface area (Å²) in [7, 11) is 0. The normalized spacial score (nSPS) is 11.1. The fourth-order valence-electron chi connectivity index (χ4n) is 2.62. The average molecular weight is 386 g/mol. The van der Waals surface area contributed by atoms with Crippen molar-refractivity contribution in [2.24, 2.45) is 0 Å². The van der Waals surface area contributed by atoms with Gasteiger partial charge < -0.3 is 5.32 Å². The maximum atomic E-state index is 12.3. The number of benzene rings is 2. The van der Waals surface area contributed by atoms with Crippen molar-refractivity contribution < 1.29 is 4.79 Å². The number of hydrogen-bond donors (Lipinski definition) is 1. The standard InChI is InChI=1S/C20H17Cl2N3O/c1-13-20(14(2)25(24-13)16-8-4-3-5-9-16)23-18(26)12-11-15-7-6-10-17(21)19(15)22/h3-12H,1-2H3,(H,23,26)/b12-11+. The third kappa shape index (κ3) is 3.82. The second kappa shape index (κ2) is 7.77. The van der Waals surface area contributed by atoms with E-state index in [-0.39, 0.29) is 5.91 Å². The lowest BCUT2D eigenvalue weighted by Crippen LogP contribution is -2.09. The summed E-state index contributed by atoms with van der Waals surface area (Å²) in [5.74, 6) is -0.264. The van der Waals surface area contributed by atoms with Crippen LogP contribution in [0.1, 0.15) is 17.0 Å². The van der Waals surface area contributed by atoms with Gasteiger partial charge in [-0.15, -0.1) is 0 Å². The summed E-state index contributed by atoms with van der Waals surface area (Å²) in [5.41, 5.74) is 3.92. The molecule has 1 N–H and O–H groups in total. The van der Waals surface area contributed by atoms with Gasteiger partial charge in [-0.25, -0.2) is 4.68 Å². The van der Waals surface area contributed by atoms with Crippen molar-refractivity contribution in [3.8, 4) is 5.69 Å². The molecule has 0 aliphatic carbocycles. The van der Waals surface area contributed by atoms with Crippen molar-refractivity contribution in [2.75, 3.05) is 5.32 Å². The fraction of sp³-hybridized carbons (Fsp3) is 0.100. The van der Waals surface area contributed by atoms with Crippen LogP contribution < -0.4 is 5.32 Å².